The van der Waals surface area contributed by atoms with Crippen molar-refractivity contribution in [2.24, 2.45) is 0 Å². The molecule has 0 aliphatic carbocycles. The highest BCUT2D eigenvalue weighted by Crippen LogP contribution is 1.98. The Morgan fingerprint density at radius 3 is 1.80 bits per heavy atom. The molecule has 0 radical (unpaired) electrons. The summed E-state index contributed by atoms with van der Waals surface area (Å²) in [7, 11) is -2.87. The van der Waals surface area contributed by atoms with Crippen LogP contribution in [0.15, 0.2) is 12.2 Å². The molecule has 0 saturated heterocycles. The Kier molecular flexibility index (Phi) is 9.84. The fraction of sp³-hybridized carbons (Fsp3) is 0.250. The van der Waals surface area contributed by atoms with Gasteiger partial charge in [0.25, 0.3) is 0 Å². The van der Waals surface area contributed by atoms with Crippen molar-refractivity contribution in [3.05, 3.63) is 12.2 Å². The summed E-state index contributed by atoms with van der Waals surface area (Å²) in [5.41, 5.74) is 0. The molecule has 0 heterocycles. The Morgan fingerprint density at radius 1 is 1.50 bits per heavy atom. The molecule has 0 amide bonds. The minimum Gasteiger partial charge on any atom is -0.478 e. The summed E-state index contributed by atoms with van der Waals surface area (Å²) in [6.45, 7) is 1.66. The molecule has 3 N–H and O–H groups in total. The standard InChI is InChI=1S/C4H6O2.HO3P/c1-2-3-4(5)6;1-4(2)3/h2-3H,1H3,(H,5,6);(H-,1,2,3)/p+1. The zero-order chi connectivity index (χ0) is 8.57. The number of carboxylic acids is 1. The second-order valence-electron chi connectivity index (χ2n) is 1.09. The molecule has 0 aliphatic heterocycles. The summed E-state index contributed by atoms with van der Waals surface area (Å²) >= 11 is 0. The molecule has 0 spiro atoms. The SMILES string of the molecule is CC=CC(=O)O.O=[P+](O)O. The minimum atomic E-state index is -2.87. The van der Waals surface area contributed by atoms with Crippen LogP contribution in [0.25, 0.3) is 0 Å². The molecule has 0 bridgehead atoms. The van der Waals surface area contributed by atoms with Crippen molar-refractivity contribution in [1.82, 2.24) is 0 Å². The average molecular weight is 167 g/mol. The predicted molar refractivity (Wildman–Crippen MR) is 34.5 cm³/mol. The average Bonchev–Trinajstić information content (AvgIpc) is 1.62. The molecular weight excluding hydrogens is 159 g/mol. The van der Waals surface area contributed by atoms with Crippen molar-refractivity contribution in [3.8, 4) is 0 Å². The summed E-state index contributed by atoms with van der Waals surface area (Å²) in [5, 5.41) is 7.83. The van der Waals surface area contributed by atoms with E-state index >= 15 is 0 Å². The highest BCUT2D eigenvalue weighted by Gasteiger charge is 1.93. The maximum atomic E-state index is 9.51. The van der Waals surface area contributed by atoms with Crippen LogP contribution in [0.1, 0.15) is 6.92 Å². The fourth-order valence-corrected chi connectivity index (χ4v) is 0.143. The molecule has 0 aliphatic rings. The monoisotopic (exact) mass is 167 g/mol. The number of allylic oxidation sites excluding steroid dienone is 1. The number of hydrogen-bond acceptors (Lipinski definition) is 2. The highest BCUT2D eigenvalue weighted by molar-refractivity contribution is 7.30. The Hall–Kier alpha value is -0.770. The Balaban J connectivity index is 0. The first-order valence-electron chi connectivity index (χ1n) is 2.21. The lowest BCUT2D eigenvalue weighted by Gasteiger charge is -1.68. The van der Waals surface area contributed by atoms with E-state index in [-0.39, 0.29) is 0 Å². The Labute approximate surface area is 58.6 Å². The molecule has 0 aromatic rings. The van der Waals surface area contributed by atoms with Gasteiger partial charge in [-0.3, -0.25) is 0 Å². The van der Waals surface area contributed by atoms with Gasteiger partial charge in [0.15, 0.2) is 0 Å². The lowest BCUT2D eigenvalue weighted by Crippen LogP contribution is -1.83. The minimum absolute atomic E-state index is 0.891. The van der Waals surface area contributed by atoms with Gasteiger partial charge < -0.3 is 5.11 Å². The van der Waals surface area contributed by atoms with Crippen LogP contribution in [-0.2, 0) is 9.36 Å². The molecular formula is C4H8O5P+. The first kappa shape index (κ1) is 12.0. The second-order valence-corrected chi connectivity index (χ2v) is 1.60. The molecule has 0 atom stereocenters. The third kappa shape index (κ3) is 56.4. The largest absolute Gasteiger partial charge is 0.692 e. The van der Waals surface area contributed by atoms with Crippen molar-refractivity contribution in [3.63, 3.8) is 0 Å². The van der Waals surface area contributed by atoms with Crippen molar-refractivity contribution in [2.75, 3.05) is 0 Å². The van der Waals surface area contributed by atoms with E-state index in [1.165, 1.54) is 6.08 Å². The summed E-state index contributed by atoms with van der Waals surface area (Å²) in [6.07, 6.45) is 2.56. The predicted octanol–water partition coefficient (Wildman–Crippen LogP) is 0.275. The van der Waals surface area contributed by atoms with E-state index in [2.05, 4.69) is 0 Å². The maximum absolute atomic E-state index is 9.51. The van der Waals surface area contributed by atoms with Crippen LogP contribution in [0.4, 0.5) is 0 Å². The van der Waals surface area contributed by atoms with Gasteiger partial charge in [0.2, 0.25) is 0 Å². The lowest BCUT2D eigenvalue weighted by atomic mass is 10.5. The summed E-state index contributed by atoms with van der Waals surface area (Å²) in [5.74, 6) is -0.891. The van der Waals surface area contributed by atoms with Crippen molar-refractivity contribution >= 4 is 14.2 Å². The van der Waals surface area contributed by atoms with Crippen LogP contribution < -0.4 is 0 Å². The van der Waals surface area contributed by atoms with Crippen molar-refractivity contribution in [1.29, 1.82) is 0 Å². The van der Waals surface area contributed by atoms with Crippen LogP contribution in [0.2, 0.25) is 0 Å². The van der Waals surface area contributed by atoms with E-state index in [1.807, 2.05) is 0 Å². The van der Waals surface area contributed by atoms with Gasteiger partial charge in [0.1, 0.15) is 0 Å². The van der Waals surface area contributed by atoms with Gasteiger partial charge in [-0.15, -0.1) is 9.79 Å². The Morgan fingerprint density at radius 2 is 1.80 bits per heavy atom. The first-order valence-corrected chi connectivity index (χ1v) is 3.37. The molecule has 0 fully saturated rings. The fourth-order valence-electron chi connectivity index (χ4n) is 0.143. The van der Waals surface area contributed by atoms with Gasteiger partial charge >= 0.3 is 14.2 Å². The zero-order valence-corrected chi connectivity index (χ0v) is 6.15. The van der Waals surface area contributed by atoms with E-state index in [0.29, 0.717) is 0 Å². The number of aliphatic carboxylic acids is 1. The van der Waals surface area contributed by atoms with Gasteiger partial charge in [-0.1, -0.05) is 6.08 Å². The quantitative estimate of drug-likeness (QED) is 0.385. The molecule has 6 heteroatoms. The first-order chi connectivity index (χ1) is 4.50. The maximum Gasteiger partial charge on any atom is 0.692 e. The van der Waals surface area contributed by atoms with Crippen molar-refractivity contribution < 1.29 is 24.3 Å². The Bertz CT molecular complexity index is 137. The molecule has 0 rings (SSSR count). The molecule has 5 nitrogen and oxygen atoms in total. The van der Waals surface area contributed by atoms with Gasteiger partial charge in [-0.2, -0.15) is 0 Å². The van der Waals surface area contributed by atoms with E-state index in [1.54, 1.807) is 6.92 Å². The van der Waals surface area contributed by atoms with Gasteiger partial charge in [-0.25, -0.2) is 4.79 Å². The zero-order valence-electron chi connectivity index (χ0n) is 5.26. The van der Waals surface area contributed by atoms with E-state index in [9.17, 15) is 4.79 Å². The number of hydrogen-bond donors (Lipinski definition) is 3. The molecule has 0 saturated carbocycles. The normalized spacial score (nSPS) is 8.30. The van der Waals surface area contributed by atoms with E-state index in [0.717, 1.165) is 6.08 Å². The van der Waals surface area contributed by atoms with Crippen LogP contribution >= 0.6 is 8.25 Å². The van der Waals surface area contributed by atoms with Gasteiger partial charge in [-0.05, 0) is 6.92 Å². The van der Waals surface area contributed by atoms with Crippen LogP contribution in [0.5, 0.6) is 0 Å². The highest BCUT2D eigenvalue weighted by atomic mass is 31.1. The smallest absolute Gasteiger partial charge is 0.478 e. The molecule has 0 unspecified atom stereocenters. The lowest BCUT2D eigenvalue weighted by molar-refractivity contribution is -0.131. The van der Waals surface area contributed by atoms with Crippen LogP contribution in [0, 0.1) is 0 Å². The van der Waals surface area contributed by atoms with Crippen LogP contribution in [-0.4, -0.2) is 20.9 Å². The van der Waals surface area contributed by atoms with Crippen LogP contribution in [0.3, 0.4) is 0 Å². The molecule has 0 aromatic carbocycles. The summed E-state index contributed by atoms with van der Waals surface area (Å²) in [6, 6.07) is 0. The number of rotatable bonds is 1. The molecule has 10 heavy (non-hydrogen) atoms. The molecule has 0 aromatic heterocycles. The third-order valence-electron chi connectivity index (χ3n) is 0.309. The summed E-state index contributed by atoms with van der Waals surface area (Å²) in [4.78, 5) is 23.8. The van der Waals surface area contributed by atoms with Crippen molar-refractivity contribution in [2.45, 2.75) is 6.92 Å². The van der Waals surface area contributed by atoms with E-state index < -0.39 is 14.2 Å². The second kappa shape index (κ2) is 8.23. The van der Waals surface area contributed by atoms with Gasteiger partial charge in [0, 0.05) is 10.6 Å². The van der Waals surface area contributed by atoms with Gasteiger partial charge in [0.05, 0.1) is 0 Å². The molecule has 58 valence electrons. The number of carbonyl (C=O) groups is 1. The number of carboxylic acid groups (broad SMARTS) is 1. The summed E-state index contributed by atoms with van der Waals surface area (Å²) < 4.78 is 8.70. The third-order valence-corrected chi connectivity index (χ3v) is 0.309. The van der Waals surface area contributed by atoms with E-state index in [4.69, 9.17) is 19.5 Å². The topological polar surface area (TPSA) is 94.8 Å².